The second kappa shape index (κ2) is 15.7. The molecule has 0 unspecified atom stereocenters. The topological polar surface area (TPSA) is 138 Å². The number of ether oxygens (including phenoxy) is 2. The third-order valence-electron chi connectivity index (χ3n) is 7.45. The van der Waals surface area contributed by atoms with Gasteiger partial charge in [-0.15, -0.1) is 0 Å². The van der Waals surface area contributed by atoms with Crippen molar-refractivity contribution < 1.29 is 32.9 Å². The predicted octanol–water partition coefficient (Wildman–Crippen LogP) is 4.56. The summed E-state index contributed by atoms with van der Waals surface area (Å²) in [5.41, 5.74) is 2.68. The molecule has 0 bridgehead atoms. The Labute approximate surface area is 274 Å². The first-order valence-electron chi connectivity index (χ1n) is 15.1. The summed E-state index contributed by atoms with van der Waals surface area (Å²) in [4.78, 5) is 18.7. The van der Waals surface area contributed by atoms with Crippen LogP contribution in [0.15, 0.2) is 115 Å². The molecular weight excluding hydrogens is 618 g/mol. The van der Waals surface area contributed by atoms with Gasteiger partial charge in [0.1, 0.15) is 30.0 Å². The molecule has 0 fully saturated rings. The SMILES string of the molecule is CS(=O)(=O)NC(=O)c1ccc2c(Oc3ccc(C[C@@H](CO)N(Cc4ccccc4)C[C@H](O)COc4ccccc4)cc3)ccnc2c1. The lowest BCUT2D eigenvalue weighted by Crippen LogP contribution is -2.44. The largest absolute Gasteiger partial charge is 0.491 e. The molecule has 10 nitrogen and oxygen atoms in total. The van der Waals surface area contributed by atoms with Crippen LogP contribution in [0.2, 0.25) is 0 Å². The van der Waals surface area contributed by atoms with E-state index in [-0.39, 0.29) is 24.8 Å². The highest BCUT2D eigenvalue weighted by atomic mass is 32.2. The second-order valence-corrected chi connectivity index (χ2v) is 13.0. The number of para-hydroxylation sites is 1. The normalized spacial score (nSPS) is 12.9. The maximum Gasteiger partial charge on any atom is 0.264 e. The van der Waals surface area contributed by atoms with Gasteiger partial charge in [0.2, 0.25) is 10.0 Å². The van der Waals surface area contributed by atoms with E-state index >= 15 is 0 Å². The highest BCUT2D eigenvalue weighted by Gasteiger charge is 2.22. The van der Waals surface area contributed by atoms with E-state index in [1.165, 1.54) is 12.1 Å². The molecule has 1 aromatic heterocycles. The number of sulfonamides is 1. The number of rotatable bonds is 15. The zero-order chi connectivity index (χ0) is 33.2. The van der Waals surface area contributed by atoms with Crippen LogP contribution in [0.5, 0.6) is 17.2 Å². The first kappa shape index (κ1) is 33.6. The van der Waals surface area contributed by atoms with Crippen LogP contribution in [0.3, 0.4) is 0 Å². The third kappa shape index (κ3) is 9.84. The molecular formula is C36H37N3O7S. The van der Waals surface area contributed by atoms with Crippen LogP contribution in [0, 0.1) is 0 Å². The van der Waals surface area contributed by atoms with Gasteiger partial charge in [-0.25, -0.2) is 13.1 Å². The van der Waals surface area contributed by atoms with Crippen LogP contribution >= 0.6 is 0 Å². The standard InChI is InChI=1S/C36H37N3O7S/c1-47(43,44)38-36(42)28-14-17-33-34(21-28)37-19-18-35(33)46-32-15-12-26(13-16-32)20-29(24-40)39(22-27-8-4-2-5-9-27)23-30(41)25-45-31-10-6-3-7-11-31/h2-19,21,29-30,40-41H,20,22-25H2,1H3,(H,38,42)/t29-,30-/m0/s1. The van der Waals surface area contributed by atoms with Gasteiger partial charge in [0, 0.05) is 36.3 Å². The number of pyridine rings is 1. The average molecular weight is 656 g/mol. The molecule has 1 amide bonds. The van der Waals surface area contributed by atoms with Gasteiger partial charge in [0.15, 0.2) is 0 Å². The van der Waals surface area contributed by atoms with Crippen LogP contribution in [-0.4, -0.2) is 72.6 Å². The smallest absolute Gasteiger partial charge is 0.264 e. The van der Waals surface area contributed by atoms with Crippen molar-refractivity contribution in [1.82, 2.24) is 14.6 Å². The van der Waals surface area contributed by atoms with Gasteiger partial charge in [-0.05, 0) is 66.1 Å². The van der Waals surface area contributed by atoms with Crippen molar-refractivity contribution in [1.29, 1.82) is 0 Å². The van der Waals surface area contributed by atoms with E-state index < -0.39 is 22.0 Å². The minimum Gasteiger partial charge on any atom is -0.491 e. The molecule has 5 rings (SSSR count). The van der Waals surface area contributed by atoms with Gasteiger partial charge in [-0.1, -0.05) is 60.7 Å². The summed E-state index contributed by atoms with van der Waals surface area (Å²) in [7, 11) is -3.70. The minimum atomic E-state index is -3.70. The molecule has 4 aromatic carbocycles. The van der Waals surface area contributed by atoms with E-state index in [2.05, 4.69) is 9.88 Å². The van der Waals surface area contributed by atoms with E-state index in [1.54, 1.807) is 18.3 Å². The van der Waals surface area contributed by atoms with E-state index in [0.717, 1.165) is 17.4 Å². The quantitative estimate of drug-likeness (QED) is 0.148. The van der Waals surface area contributed by atoms with E-state index in [0.29, 0.717) is 47.7 Å². The number of benzene rings is 4. The van der Waals surface area contributed by atoms with Crippen LogP contribution in [0.25, 0.3) is 10.9 Å². The molecule has 2 atom stereocenters. The average Bonchev–Trinajstić information content (AvgIpc) is 3.07. The molecule has 0 saturated heterocycles. The number of aromatic nitrogens is 1. The summed E-state index contributed by atoms with van der Waals surface area (Å²) >= 11 is 0. The molecule has 1 heterocycles. The first-order valence-corrected chi connectivity index (χ1v) is 17.0. The van der Waals surface area contributed by atoms with Gasteiger partial charge in [0.25, 0.3) is 5.91 Å². The Kier molecular flexibility index (Phi) is 11.2. The number of aliphatic hydroxyl groups is 2. The Morgan fingerprint density at radius 1 is 0.894 bits per heavy atom. The molecule has 3 N–H and O–H groups in total. The summed E-state index contributed by atoms with van der Waals surface area (Å²) in [5.74, 6) is 1.04. The second-order valence-electron chi connectivity index (χ2n) is 11.2. The number of hydrogen-bond donors (Lipinski definition) is 3. The molecule has 0 aliphatic rings. The van der Waals surface area contributed by atoms with Crippen molar-refractivity contribution in [3.8, 4) is 17.2 Å². The summed E-state index contributed by atoms with van der Waals surface area (Å²) in [6, 6.07) is 33.0. The van der Waals surface area contributed by atoms with Crippen molar-refractivity contribution in [2.45, 2.75) is 25.1 Å². The van der Waals surface area contributed by atoms with E-state index in [1.807, 2.05) is 89.7 Å². The summed E-state index contributed by atoms with van der Waals surface area (Å²) < 4.78 is 36.8. The fraction of sp³-hybridized carbons (Fsp3) is 0.222. The van der Waals surface area contributed by atoms with Crippen LogP contribution in [-0.2, 0) is 23.0 Å². The Bertz CT molecular complexity index is 1870. The maximum atomic E-state index is 12.3. The fourth-order valence-electron chi connectivity index (χ4n) is 5.17. The third-order valence-corrected chi connectivity index (χ3v) is 8.01. The summed E-state index contributed by atoms with van der Waals surface area (Å²) in [6.45, 7) is 0.867. The predicted molar refractivity (Wildman–Crippen MR) is 180 cm³/mol. The monoisotopic (exact) mass is 655 g/mol. The molecule has 0 radical (unpaired) electrons. The van der Waals surface area contributed by atoms with Crippen molar-refractivity contribution in [2.75, 3.05) is 26.0 Å². The van der Waals surface area contributed by atoms with Crippen molar-refractivity contribution in [3.05, 3.63) is 132 Å². The Balaban J connectivity index is 1.27. The van der Waals surface area contributed by atoms with Crippen LogP contribution < -0.4 is 14.2 Å². The van der Waals surface area contributed by atoms with Gasteiger partial charge >= 0.3 is 0 Å². The molecule has 0 aliphatic heterocycles. The van der Waals surface area contributed by atoms with Crippen molar-refractivity contribution in [2.24, 2.45) is 0 Å². The molecule has 244 valence electrons. The number of amides is 1. The Hall–Kier alpha value is -4.81. The Morgan fingerprint density at radius 3 is 2.28 bits per heavy atom. The zero-order valence-corrected chi connectivity index (χ0v) is 26.7. The number of carbonyl (C=O) groups is 1. The molecule has 0 saturated carbocycles. The summed E-state index contributed by atoms with van der Waals surface area (Å²) in [5, 5.41) is 22.0. The number of aliphatic hydroxyl groups excluding tert-OH is 2. The van der Waals surface area contributed by atoms with E-state index in [9.17, 15) is 23.4 Å². The summed E-state index contributed by atoms with van der Waals surface area (Å²) in [6.07, 6.45) is 2.23. The lowest BCUT2D eigenvalue weighted by Gasteiger charge is -2.32. The van der Waals surface area contributed by atoms with Gasteiger partial charge in [-0.3, -0.25) is 14.7 Å². The maximum absolute atomic E-state index is 12.3. The molecule has 5 aromatic rings. The van der Waals surface area contributed by atoms with Crippen molar-refractivity contribution >= 4 is 26.8 Å². The van der Waals surface area contributed by atoms with Gasteiger partial charge in [-0.2, -0.15) is 0 Å². The zero-order valence-electron chi connectivity index (χ0n) is 25.9. The number of hydrogen-bond acceptors (Lipinski definition) is 9. The number of nitrogens with one attached hydrogen (secondary N) is 1. The van der Waals surface area contributed by atoms with Crippen LogP contribution in [0.4, 0.5) is 0 Å². The molecule has 0 aliphatic carbocycles. The van der Waals surface area contributed by atoms with Crippen molar-refractivity contribution in [3.63, 3.8) is 0 Å². The lowest BCUT2D eigenvalue weighted by atomic mass is 10.0. The highest BCUT2D eigenvalue weighted by molar-refractivity contribution is 7.89. The lowest BCUT2D eigenvalue weighted by molar-refractivity contribution is 0.0335. The van der Waals surface area contributed by atoms with Gasteiger partial charge in [0.05, 0.1) is 18.4 Å². The molecule has 11 heteroatoms. The Morgan fingerprint density at radius 2 is 1.60 bits per heavy atom. The molecule has 0 spiro atoms. The fourth-order valence-corrected chi connectivity index (χ4v) is 5.63. The number of fused-ring (bicyclic) bond motifs is 1. The number of carbonyl (C=O) groups excluding carboxylic acids is 1. The van der Waals surface area contributed by atoms with Crippen LogP contribution in [0.1, 0.15) is 21.5 Å². The minimum absolute atomic E-state index is 0.107. The van der Waals surface area contributed by atoms with E-state index in [4.69, 9.17) is 9.47 Å². The highest BCUT2D eigenvalue weighted by Crippen LogP contribution is 2.30. The first-order chi connectivity index (χ1) is 22.7. The van der Waals surface area contributed by atoms with Gasteiger partial charge < -0.3 is 19.7 Å². The number of nitrogens with zero attached hydrogens (tertiary/aromatic N) is 2. The molecule has 47 heavy (non-hydrogen) atoms.